The van der Waals surface area contributed by atoms with Crippen molar-refractivity contribution in [1.29, 1.82) is 0 Å². The lowest BCUT2D eigenvalue weighted by molar-refractivity contribution is 0.391. The zero-order chi connectivity index (χ0) is 9.80. The Kier molecular flexibility index (Phi) is 4.01. The van der Waals surface area contributed by atoms with Crippen LogP contribution in [-0.4, -0.2) is 16.0 Å². The Balaban J connectivity index is 1.78. The molecule has 0 aromatic carbocycles. The molecular formula is C9H14N2S3. The van der Waals surface area contributed by atoms with Gasteiger partial charge >= 0.3 is 0 Å². The van der Waals surface area contributed by atoms with Crippen LogP contribution in [0.3, 0.4) is 0 Å². The Morgan fingerprint density at radius 2 is 2.21 bits per heavy atom. The highest BCUT2D eigenvalue weighted by atomic mass is 32.2. The maximum atomic E-state index is 4.99. The largest absolute Gasteiger partial charge is 0.257 e. The molecule has 0 unspecified atom stereocenters. The molecule has 2 rings (SSSR count). The molecule has 1 aromatic rings. The smallest absolute Gasteiger partial charge is 0.177 e. The number of thioether (sulfide) groups is 1. The predicted octanol–water partition coefficient (Wildman–Crippen LogP) is 3.87. The van der Waals surface area contributed by atoms with Crippen molar-refractivity contribution in [1.82, 2.24) is 10.2 Å². The fourth-order valence-electron chi connectivity index (χ4n) is 1.82. The fourth-order valence-corrected chi connectivity index (χ4v) is 4.11. The maximum absolute atomic E-state index is 4.99. The highest BCUT2D eigenvalue weighted by Crippen LogP contribution is 2.30. The average molecular weight is 246 g/mol. The van der Waals surface area contributed by atoms with Crippen LogP contribution in [0.2, 0.25) is 0 Å². The standard InChI is InChI=1S/C9H14N2S3/c12-8-10-11-9(14-8)13-6-7-4-2-1-3-5-7/h7H,1-6H2,(H,10,12). The molecule has 1 aliphatic carbocycles. The molecule has 1 heterocycles. The van der Waals surface area contributed by atoms with E-state index in [1.165, 1.54) is 37.9 Å². The zero-order valence-electron chi connectivity index (χ0n) is 7.99. The molecule has 1 saturated carbocycles. The summed E-state index contributed by atoms with van der Waals surface area (Å²) in [5.41, 5.74) is 0. The van der Waals surface area contributed by atoms with E-state index in [9.17, 15) is 0 Å². The summed E-state index contributed by atoms with van der Waals surface area (Å²) in [6, 6.07) is 0. The number of hydrogen-bond donors (Lipinski definition) is 1. The van der Waals surface area contributed by atoms with E-state index in [0.29, 0.717) is 0 Å². The fraction of sp³-hybridized carbons (Fsp3) is 0.778. The Labute approximate surface area is 97.5 Å². The van der Waals surface area contributed by atoms with Crippen LogP contribution in [0.4, 0.5) is 0 Å². The molecule has 1 N–H and O–H groups in total. The van der Waals surface area contributed by atoms with E-state index in [2.05, 4.69) is 10.2 Å². The van der Waals surface area contributed by atoms with Crippen molar-refractivity contribution < 1.29 is 0 Å². The van der Waals surface area contributed by atoms with Crippen molar-refractivity contribution in [2.45, 2.75) is 36.4 Å². The van der Waals surface area contributed by atoms with Crippen LogP contribution in [0, 0.1) is 9.87 Å². The first-order valence-corrected chi connectivity index (χ1v) is 7.24. The number of aromatic nitrogens is 2. The Bertz CT molecular complexity index is 325. The predicted molar refractivity (Wildman–Crippen MR) is 64.6 cm³/mol. The lowest BCUT2D eigenvalue weighted by atomic mass is 9.91. The maximum Gasteiger partial charge on any atom is 0.177 e. The minimum absolute atomic E-state index is 0.788. The minimum Gasteiger partial charge on any atom is -0.257 e. The monoisotopic (exact) mass is 246 g/mol. The number of nitrogens with zero attached hydrogens (tertiary/aromatic N) is 1. The Morgan fingerprint density at radius 3 is 2.86 bits per heavy atom. The van der Waals surface area contributed by atoms with Crippen LogP contribution in [0.5, 0.6) is 0 Å². The van der Waals surface area contributed by atoms with Crippen LogP contribution in [-0.2, 0) is 0 Å². The molecule has 2 nitrogen and oxygen atoms in total. The second-order valence-electron chi connectivity index (χ2n) is 3.69. The van der Waals surface area contributed by atoms with Gasteiger partial charge in [0.05, 0.1) is 0 Å². The van der Waals surface area contributed by atoms with E-state index in [1.54, 1.807) is 11.3 Å². The highest BCUT2D eigenvalue weighted by Gasteiger charge is 2.14. The van der Waals surface area contributed by atoms with E-state index in [-0.39, 0.29) is 0 Å². The molecular weight excluding hydrogens is 232 g/mol. The molecule has 1 aliphatic rings. The second kappa shape index (κ2) is 5.28. The minimum atomic E-state index is 0.788. The van der Waals surface area contributed by atoms with Gasteiger partial charge in [-0.05, 0) is 31.0 Å². The summed E-state index contributed by atoms with van der Waals surface area (Å²) in [5, 5.41) is 6.97. The third kappa shape index (κ3) is 3.07. The first kappa shape index (κ1) is 10.6. The van der Waals surface area contributed by atoms with Gasteiger partial charge in [0, 0.05) is 5.75 Å². The van der Waals surface area contributed by atoms with Crippen LogP contribution in [0.15, 0.2) is 4.34 Å². The van der Waals surface area contributed by atoms with Crippen LogP contribution >= 0.6 is 35.3 Å². The van der Waals surface area contributed by atoms with Gasteiger partial charge in [0.2, 0.25) is 0 Å². The van der Waals surface area contributed by atoms with Gasteiger partial charge in [-0.3, -0.25) is 5.10 Å². The van der Waals surface area contributed by atoms with Crippen molar-refractivity contribution in [2.75, 3.05) is 5.75 Å². The summed E-state index contributed by atoms with van der Waals surface area (Å²) in [7, 11) is 0. The summed E-state index contributed by atoms with van der Waals surface area (Å²) in [6.45, 7) is 0. The number of H-pyrrole nitrogens is 1. The van der Waals surface area contributed by atoms with Crippen LogP contribution in [0.25, 0.3) is 0 Å². The molecule has 14 heavy (non-hydrogen) atoms. The first-order valence-electron chi connectivity index (χ1n) is 5.03. The van der Waals surface area contributed by atoms with E-state index in [0.717, 1.165) is 14.2 Å². The van der Waals surface area contributed by atoms with Crippen LogP contribution < -0.4 is 0 Å². The van der Waals surface area contributed by atoms with Crippen molar-refractivity contribution in [2.24, 2.45) is 5.92 Å². The number of rotatable bonds is 3. The summed E-state index contributed by atoms with van der Waals surface area (Å²) in [4.78, 5) is 0. The van der Waals surface area contributed by atoms with Gasteiger partial charge in [0.15, 0.2) is 8.29 Å². The SMILES string of the molecule is S=c1[nH]nc(SCC2CCCCC2)s1. The molecule has 0 spiro atoms. The average Bonchev–Trinajstić information content (AvgIpc) is 2.63. The molecule has 1 fully saturated rings. The third-order valence-electron chi connectivity index (χ3n) is 2.59. The Hall–Kier alpha value is 0.130. The van der Waals surface area contributed by atoms with Crippen molar-refractivity contribution >= 4 is 35.3 Å². The topological polar surface area (TPSA) is 28.7 Å². The van der Waals surface area contributed by atoms with Crippen molar-refractivity contribution in [3.63, 3.8) is 0 Å². The highest BCUT2D eigenvalue weighted by molar-refractivity contribution is 8.01. The van der Waals surface area contributed by atoms with Gasteiger partial charge in [0.1, 0.15) is 0 Å². The molecule has 0 bridgehead atoms. The van der Waals surface area contributed by atoms with E-state index < -0.39 is 0 Å². The summed E-state index contributed by atoms with van der Waals surface area (Å²) in [5.74, 6) is 2.13. The molecule has 1 aromatic heterocycles. The van der Waals surface area contributed by atoms with E-state index >= 15 is 0 Å². The van der Waals surface area contributed by atoms with Gasteiger partial charge in [-0.1, -0.05) is 42.4 Å². The lowest BCUT2D eigenvalue weighted by Crippen LogP contribution is -2.08. The quantitative estimate of drug-likeness (QED) is 0.648. The molecule has 78 valence electrons. The molecule has 0 aliphatic heterocycles. The number of aromatic amines is 1. The van der Waals surface area contributed by atoms with Gasteiger partial charge < -0.3 is 0 Å². The van der Waals surface area contributed by atoms with Crippen molar-refractivity contribution in [3.8, 4) is 0 Å². The van der Waals surface area contributed by atoms with E-state index in [4.69, 9.17) is 12.2 Å². The molecule has 0 atom stereocenters. The van der Waals surface area contributed by atoms with Crippen molar-refractivity contribution in [3.05, 3.63) is 3.95 Å². The number of nitrogens with one attached hydrogen (secondary N) is 1. The summed E-state index contributed by atoms with van der Waals surface area (Å²) < 4.78 is 1.89. The van der Waals surface area contributed by atoms with Gasteiger partial charge in [-0.15, -0.1) is 0 Å². The molecule has 0 saturated heterocycles. The number of hydrogen-bond acceptors (Lipinski definition) is 4. The third-order valence-corrected chi connectivity index (χ3v) is 5.05. The molecule has 5 heteroatoms. The molecule has 0 amide bonds. The van der Waals surface area contributed by atoms with Gasteiger partial charge in [-0.2, -0.15) is 5.10 Å². The molecule has 0 radical (unpaired) electrons. The van der Waals surface area contributed by atoms with Gasteiger partial charge in [0.25, 0.3) is 0 Å². The van der Waals surface area contributed by atoms with E-state index in [1.807, 2.05) is 11.8 Å². The summed E-state index contributed by atoms with van der Waals surface area (Å²) in [6.07, 6.45) is 7.08. The van der Waals surface area contributed by atoms with Gasteiger partial charge in [-0.25, -0.2) is 0 Å². The first-order chi connectivity index (χ1) is 6.84. The normalized spacial score (nSPS) is 18.6. The zero-order valence-corrected chi connectivity index (χ0v) is 10.4. The Morgan fingerprint density at radius 1 is 1.43 bits per heavy atom. The second-order valence-corrected chi connectivity index (χ2v) is 6.63. The summed E-state index contributed by atoms with van der Waals surface area (Å²) >= 11 is 8.44. The van der Waals surface area contributed by atoms with Crippen LogP contribution in [0.1, 0.15) is 32.1 Å². The lowest BCUT2D eigenvalue weighted by Gasteiger charge is -2.20.